The molecule has 3 aromatic carbocycles. The molecule has 0 spiro atoms. The third kappa shape index (κ3) is 6.48. The van der Waals surface area contributed by atoms with Crippen molar-refractivity contribution in [3.8, 4) is 22.5 Å². The number of hydrogen-bond donors (Lipinski definition) is 1. The molecule has 42 heavy (non-hydrogen) atoms. The molecular weight excluding hydrogens is 552 g/mol. The molecule has 8 nitrogen and oxygen atoms in total. The second kappa shape index (κ2) is 12.2. The Hall–Kier alpha value is -3.79. The van der Waals surface area contributed by atoms with Gasteiger partial charge in [-0.15, -0.1) is 0 Å². The molecule has 0 amide bonds. The highest BCUT2D eigenvalue weighted by atomic mass is 32.2. The van der Waals surface area contributed by atoms with Crippen LogP contribution in [0.2, 0.25) is 0 Å². The maximum Gasteiger partial charge on any atom is 0.316 e. The third-order valence-electron chi connectivity index (χ3n) is 7.84. The van der Waals surface area contributed by atoms with Crippen molar-refractivity contribution in [3.63, 3.8) is 0 Å². The molecule has 1 aliphatic carbocycles. The minimum atomic E-state index is -3.54. The second-order valence-electron chi connectivity index (χ2n) is 10.9. The Morgan fingerprint density at radius 1 is 1.00 bits per heavy atom. The molecule has 1 aromatic heterocycles. The monoisotopic (exact) mass is 588 g/mol. The van der Waals surface area contributed by atoms with Gasteiger partial charge in [-0.2, -0.15) is 4.31 Å². The zero-order valence-corrected chi connectivity index (χ0v) is 24.9. The number of aliphatic hydroxyl groups is 1. The van der Waals surface area contributed by atoms with E-state index < -0.39 is 21.5 Å². The Morgan fingerprint density at radius 2 is 1.60 bits per heavy atom. The summed E-state index contributed by atoms with van der Waals surface area (Å²) < 4.78 is 37.2. The van der Waals surface area contributed by atoms with Gasteiger partial charge in [-0.25, -0.2) is 8.42 Å². The smallest absolute Gasteiger partial charge is 0.316 e. The number of hydrogen-bond acceptors (Lipinski definition) is 7. The Morgan fingerprint density at radius 3 is 2.17 bits per heavy atom. The van der Waals surface area contributed by atoms with Crippen molar-refractivity contribution in [1.29, 1.82) is 0 Å². The van der Waals surface area contributed by atoms with Crippen molar-refractivity contribution in [2.24, 2.45) is 0 Å². The van der Waals surface area contributed by atoms with Crippen LogP contribution in [0.4, 0.5) is 0 Å². The largest absolute Gasteiger partial charge is 0.465 e. The Balaban J connectivity index is 1.29. The zero-order chi connectivity index (χ0) is 29.9. The van der Waals surface area contributed by atoms with Crippen LogP contribution in [-0.2, 0) is 37.9 Å². The fourth-order valence-electron chi connectivity index (χ4n) is 5.30. The summed E-state index contributed by atoms with van der Waals surface area (Å²) >= 11 is 0. The van der Waals surface area contributed by atoms with E-state index in [0.29, 0.717) is 18.1 Å². The van der Waals surface area contributed by atoms with Crippen LogP contribution in [0.25, 0.3) is 22.5 Å². The van der Waals surface area contributed by atoms with Crippen LogP contribution in [0.3, 0.4) is 0 Å². The van der Waals surface area contributed by atoms with Gasteiger partial charge in [-0.05, 0) is 48.9 Å². The number of sulfonamides is 1. The van der Waals surface area contributed by atoms with Crippen molar-refractivity contribution < 1.29 is 27.6 Å². The van der Waals surface area contributed by atoms with Crippen molar-refractivity contribution in [2.45, 2.75) is 51.2 Å². The molecule has 1 unspecified atom stereocenters. The second-order valence-corrected chi connectivity index (χ2v) is 12.9. The van der Waals surface area contributed by atoms with E-state index in [4.69, 9.17) is 9.26 Å². The number of benzene rings is 3. The number of nitrogens with zero attached hydrogens (tertiary/aromatic N) is 2. The van der Waals surface area contributed by atoms with Crippen LogP contribution in [0.5, 0.6) is 0 Å². The lowest BCUT2D eigenvalue weighted by Crippen LogP contribution is -2.37. The molecule has 1 aliphatic rings. The molecule has 1 fully saturated rings. The molecule has 1 atom stereocenters. The minimum Gasteiger partial charge on any atom is -0.465 e. The van der Waals surface area contributed by atoms with Crippen LogP contribution in [-0.4, -0.2) is 54.5 Å². The summed E-state index contributed by atoms with van der Waals surface area (Å²) in [6.45, 7) is 4.14. The molecule has 0 radical (unpaired) electrons. The molecule has 1 saturated carbocycles. The lowest BCUT2D eigenvalue weighted by atomic mass is 9.93. The maximum atomic E-state index is 12.5. The summed E-state index contributed by atoms with van der Waals surface area (Å²) in [7, 11) is -3.54. The Bertz CT molecular complexity index is 1630. The Kier molecular flexibility index (Phi) is 8.63. The summed E-state index contributed by atoms with van der Waals surface area (Å²) in [6, 6.07) is 25.2. The first-order valence-corrected chi connectivity index (χ1v) is 16.0. The van der Waals surface area contributed by atoms with Crippen LogP contribution in [0, 0.1) is 6.92 Å². The average Bonchev–Trinajstić information content (AvgIpc) is 3.72. The molecule has 1 heterocycles. The van der Waals surface area contributed by atoms with Gasteiger partial charge in [0.05, 0.1) is 30.1 Å². The number of aryl methyl sites for hydroxylation is 1. The molecule has 0 saturated heterocycles. The summed E-state index contributed by atoms with van der Waals surface area (Å²) in [6.07, 6.45) is 2.01. The summed E-state index contributed by atoms with van der Waals surface area (Å²) in [4.78, 5) is 12.4. The lowest BCUT2D eigenvalue weighted by Gasteiger charge is -2.23. The topological polar surface area (TPSA) is 110 Å². The highest BCUT2D eigenvalue weighted by Gasteiger charge is 2.52. The van der Waals surface area contributed by atoms with Crippen molar-refractivity contribution in [2.75, 3.05) is 19.4 Å². The van der Waals surface area contributed by atoms with Gasteiger partial charge in [0.25, 0.3) is 0 Å². The van der Waals surface area contributed by atoms with Gasteiger partial charge in [0.1, 0.15) is 0 Å². The predicted octanol–water partition coefficient (Wildman–Crippen LogP) is 5.28. The van der Waals surface area contributed by atoms with Gasteiger partial charge in [-0.1, -0.05) is 84.0 Å². The molecule has 0 aliphatic heterocycles. The summed E-state index contributed by atoms with van der Waals surface area (Å²) in [5.74, 6) is 0.401. The number of carbonyl (C=O) groups is 1. The standard InChI is InChI=1S/C33H36N2O6S/c1-4-40-32(37)33(18-19-33)28-16-14-26(15-17-28)25-10-12-27(13-11-25)31-30(23(2)34-41-31)20-29(36)22-35(42(3,38)39)21-24-8-6-5-7-9-24/h5-17,29,36H,4,18-22H2,1-3H3. The van der Waals surface area contributed by atoms with E-state index in [1.807, 2.05) is 92.7 Å². The first-order valence-electron chi connectivity index (χ1n) is 14.1. The lowest BCUT2D eigenvalue weighted by molar-refractivity contribution is -0.146. The van der Waals surface area contributed by atoms with Crippen LogP contribution in [0.15, 0.2) is 83.4 Å². The molecule has 5 rings (SSSR count). The van der Waals surface area contributed by atoms with Gasteiger partial charge in [-0.3, -0.25) is 4.79 Å². The highest BCUT2D eigenvalue weighted by molar-refractivity contribution is 7.88. The molecule has 0 bridgehead atoms. The van der Waals surface area contributed by atoms with Crippen LogP contribution in [0.1, 0.15) is 42.1 Å². The molecule has 9 heteroatoms. The number of aliphatic hydroxyl groups excluding tert-OH is 1. The maximum absolute atomic E-state index is 12.5. The zero-order valence-electron chi connectivity index (χ0n) is 24.1. The number of carbonyl (C=O) groups excluding carboxylic acids is 1. The van der Waals surface area contributed by atoms with E-state index in [1.165, 1.54) is 4.31 Å². The molecular formula is C33H36N2O6S. The quantitative estimate of drug-likeness (QED) is 0.224. The predicted molar refractivity (Wildman–Crippen MR) is 161 cm³/mol. The van der Waals surface area contributed by atoms with Crippen molar-refractivity contribution in [1.82, 2.24) is 9.46 Å². The molecule has 1 N–H and O–H groups in total. The van der Waals surface area contributed by atoms with Crippen LogP contribution < -0.4 is 0 Å². The number of esters is 1. The molecule has 220 valence electrons. The van der Waals surface area contributed by atoms with Gasteiger partial charge in [0.2, 0.25) is 10.0 Å². The highest BCUT2D eigenvalue weighted by Crippen LogP contribution is 2.49. The Labute approximate surface area is 247 Å². The van der Waals surface area contributed by atoms with Crippen molar-refractivity contribution >= 4 is 16.0 Å². The first-order chi connectivity index (χ1) is 20.1. The van der Waals surface area contributed by atoms with Gasteiger partial charge >= 0.3 is 5.97 Å². The van der Waals surface area contributed by atoms with E-state index in [-0.39, 0.29) is 25.5 Å². The molecule has 4 aromatic rings. The van der Waals surface area contributed by atoms with Gasteiger partial charge in [0.15, 0.2) is 5.76 Å². The van der Waals surface area contributed by atoms with Crippen LogP contribution >= 0.6 is 0 Å². The number of aromatic nitrogens is 1. The number of rotatable bonds is 12. The van der Waals surface area contributed by atoms with Gasteiger partial charge in [0, 0.05) is 30.6 Å². The summed E-state index contributed by atoms with van der Waals surface area (Å²) in [5.41, 5.74) is 5.56. The van der Waals surface area contributed by atoms with E-state index in [9.17, 15) is 18.3 Å². The van der Waals surface area contributed by atoms with Crippen molar-refractivity contribution in [3.05, 3.63) is 101 Å². The van der Waals surface area contributed by atoms with E-state index in [2.05, 4.69) is 5.16 Å². The summed E-state index contributed by atoms with van der Waals surface area (Å²) in [5, 5.41) is 15.1. The fourth-order valence-corrected chi connectivity index (χ4v) is 6.12. The SMILES string of the molecule is CCOC(=O)C1(c2ccc(-c3ccc(-c4onc(C)c4CC(O)CN(Cc4ccccc4)S(C)(=O)=O)cc3)cc2)CC1. The minimum absolute atomic E-state index is 0.0514. The third-order valence-corrected chi connectivity index (χ3v) is 9.06. The normalized spacial score (nSPS) is 15.0. The van der Waals surface area contributed by atoms with E-state index >= 15 is 0 Å². The average molecular weight is 589 g/mol. The fraction of sp³-hybridized carbons (Fsp3) is 0.333. The van der Waals surface area contributed by atoms with E-state index in [1.54, 1.807) is 0 Å². The number of ether oxygens (including phenoxy) is 1. The van der Waals surface area contributed by atoms with E-state index in [0.717, 1.165) is 52.5 Å². The first kappa shape index (κ1) is 29.7. The van der Waals surface area contributed by atoms with Gasteiger partial charge < -0.3 is 14.4 Å².